The normalized spacial score (nSPS) is 12.3. The monoisotopic (exact) mass is 548 g/mol. The van der Waals surface area contributed by atoms with Crippen LogP contribution < -0.4 is 14.4 Å². The lowest BCUT2D eigenvalue weighted by molar-refractivity contribution is 0.0932. The topological polar surface area (TPSA) is 75.7 Å². The van der Waals surface area contributed by atoms with Crippen molar-refractivity contribution in [2.75, 3.05) is 17.7 Å². The van der Waals surface area contributed by atoms with E-state index in [0.717, 1.165) is 24.0 Å². The smallest absolute Gasteiger partial charge is 0.251 e. The molecule has 0 saturated carbocycles. The van der Waals surface area contributed by atoms with Gasteiger partial charge in [0.25, 0.3) is 5.91 Å². The largest absolute Gasteiger partial charge is 0.497 e. The van der Waals surface area contributed by atoms with Crippen molar-refractivity contribution >= 4 is 44.8 Å². The Kier molecular flexibility index (Phi) is 9.28. The van der Waals surface area contributed by atoms with E-state index < -0.39 is 10.0 Å². The second-order valence-electron chi connectivity index (χ2n) is 8.95. The van der Waals surface area contributed by atoms with Crippen molar-refractivity contribution < 1.29 is 17.9 Å². The van der Waals surface area contributed by atoms with Crippen LogP contribution in [-0.2, 0) is 16.6 Å². The molecule has 1 N–H and O–H groups in total. The standard InChI is InChI=1S/C27H30Cl2N2O4S/c1-18(2)16-26(19-10-14-22(35-3)15-11-19)30-27(32)20-8-12-21(13-9-20)31(36(4,33)34)17-23-24(28)6-5-7-25(23)29/h5-15,18,26H,16-17H2,1-4H3,(H,30,32). The van der Waals surface area contributed by atoms with Crippen LogP contribution in [-0.4, -0.2) is 27.7 Å². The number of hydrogen-bond donors (Lipinski definition) is 1. The van der Waals surface area contributed by atoms with E-state index in [0.29, 0.717) is 32.8 Å². The van der Waals surface area contributed by atoms with Gasteiger partial charge in [-0.2, -0.15) is 0 Å². The van der Waals surface area contributed by atoms with E-state index in [1.165, 1.54) is 4.31 Å². The van der Waals surface area contributed by atoms with Gasteiger partial charge in [-0.3, -0.25) is 9.10 Å². The Morgan fingerprint density at radius 3 is 2.06 bits per heavy atom. The van der Waals surface area contributed by atoms with Crippen LogP contribution in [0.2, 0.25) is 10.0 Å². The van der Waals surface area contributed by atoms with Crippen LogP contribution in [0.3, 0.4) is 0 Å². The lowest BCUT2D eigenvalue weighted by Crippen LogP contribution is -2.30. The number of rotatable bonds is 10. The number of hydrogen-bond acceptors (Lipinski definition) is 4. The number of carbonyl (C=O) groups excluding carboxylic acids is 1. The van der Waals surface area contributed by atoms with Crippen LogP contribution in [0.4, 0.5) is 5.69 Å². The summed E-state index contributed by atoms with van der Waals surface area (Å²) in [4.78, 5) is 13.1. The molecule has 36 heavy (non-hydrogen) atoms. The summed E-state index contributed by atoms with van der Waals surface area (Å²) in [6.07, 6.45) is 1.88. The van der Waals surface area contributed by atoms with Gasteiger partial charge in [-0.05, 0) is 66.4 Å². The highest BCUT2D eigenvalue weighted by molar-refractivity contribution is 7.92. The zero-order valence-electron chi connectivity index (χ0n) is 20.7. The first-order valence-corrected chi connectivity index (χ1v) is 14.1. The molecule has 0 aromatic heterocycles. The average Bonchev–Trinajstić information content (AvgIpc) is 2.82. The zero-order chi connectivity index (χ0) is 26.5. The molecule has 1 atom stereocenters. The summed E-state index contributed by atoms with van der Waals surface area (Å²) in [5.41, 5.74) is 2.31. The van der Waals surface area contributed by atoms with Gasteiger partial charge in [-0.25, -0.2) is 8.42 Å². The van der Waals surface area contributed by atoms with E-state index >= 15 is 0 Å². The SMILES string of the molecule is COc1ccc(C(CC(C)C)NC(=O)c2ccc(N(Cc3c(Cl)cccc3Cl)S(C)(=O)=O)cc2)cc1. The fraction of sp³-hybridized carbons (Fsp3) is 0.296. The van der Waals surface area contributed by atoms with Gasteiger partial charge >= 0.3 is 0 Å². The predicted molar refractivity (Wildman–Crippen MR) is 147 cm³/mol. The third kappa shape index (κ3) is 7.15. The molecule has 0 aliphatic rings. The molecule has 3 aromatic rings. The number of amides is 1. The third-order valence-corrected chi connectivity index (χ3v) is 7.56. The lowest BCUT2D eigenvalue weighted by Gasteiger charge is -2.24. The van der Waals surface area contributed by atoms with E-state index in [9.17, 15) is 13.2 Å². The second kappa shape index (κ2) is 12.0. The maximum Gasteiger partial charge on any atom is 0.251 e. The maximum atomic E-state index is 13.1. The van der Waals surface area contributed by atoms with Gasteiger partial charge < -0.3 is 10.1 Å². The van der Waals surface area contributed by atoms with E-state index in [1.54, 1.807) is 49.6 Å². The molecule has 3 rings (SSSR count). The van der Waals surface area contributed by atoms with E-state index in [4.69, 9.17) is 27.9 Å². The van der Waals surface area contributed by atoms with Crippen molar-refractivity contribution in [1.82, 2.24) is 5.32 Å². The molecule has 0 spiro atoms. The van der Waals surface area contributed by atoms with Crippen LogP contribution in [0.1, 0.15) is 47.8 Å². The van der Waals surface area contributed by atoms with Gasteiger partial charge in [0.2, 0.25) is 10.0 Å². The zero-order valence-corrected chi connectivity index (χ0v) is 23.0. The van der Waals surface area contributed by atoms with Gasteiger partial charge in [0.15, 0.2) is 0 Å². The molecule has 0 heterocycles. The molecule has 0 radical (unpaired) electrons. The average molecular weight is 550 g/mol. The molecule has 0 aliphatic heterocycles. The number of carbonyl (C=O) groups is 1. The highest BCUT2D eigenvalue weighted by Crippen LogP contribution is 2.30. The fourth-order valence-electron chi connectivity index (χ4n) is 3.83. The number of nitrogens with zero attached hydrogens (tertiary/aromatic N) is 1. The van der Waals surface area contributed by atoms with E-state index in [2.05, 4.69) is 19.2 Å². The molecule has 6 nitrogen and oxygen atoms in total. The van der Waals surface area contributed by atoms with Crippen LogP contribution in [0.25, 0.3) is 0 Å². The Labute approximate surface area is 223 Å². The first-order chi connectivity index (χ1) is 17.0. The number of ether oxygens (including phenoxy) is 1. The van der Waals surface area contributed by atoms with Gasteiger partial charge in [-0.1, -0.05) is 55.2 Å². The van der Waals surface area contributed by atoms with Crippen molar-refractivity contribution in [3.05, 3.63) is 93.5 Å². The number of nitrogens with one attached hydrogen (secondary N) is 1. The summed E-state index contributed by atoms with van der Waals surface area (Å²) in [6.45, 7) is 4.17. The van der Waals surface area contributed by atoms with Crippen molar-refractivity contribution in [2.24, 2.45) is 5.92 Å². The van der Waals surface area contributed by atoms with Crippen molar-refractivity contribution in [2.45, 2.75) is 32.9 Å². The Morgan fingerprint density at radius 1 is 0.972 bits per heavy atom. The Hall–Kier alpha value is -2.74. The van der Waals surface area contributed by atoms with Crippen LogP contribution in [0.15, 0.2) is 66.7 Å². The molecule has 0 saturated heterocycles. The van der Waals surface area contributed by atoms with Crippen molar-refractivity contribution in [3.63, 3.8) is 0 Å². The minimum absolute atomic E-state index is 0.0309. The summed E-state index contributed by atoms with van der Waals surface area (Å²) >= 11 is 12.5. The number of sulfonamides is 1. The molecule has 0 fully saturated rings. The summed E-state index contributed by atoms with van der Waals surface area (Å²) in [7, 11) is -2.04. The minimum atomic E-state index is -3.65. The maximum absolute atomic E-state index is 13.1. The summed E-state index contributed by atoms with van der Waals surface area (Å²) in [6, 6.07) is 18.9. The lowest BCUT2D eigenvalue weighted by atomic mass is 9.96. The molecule has 192 valence electrons. The number of benzene rings is 3. The first-order valence-electron chi connectivity index (χ1n) is 11.4. The Bertz CT molecular complexity index is 1270. The summed E-state index contributed by atoms with van der Waals surface area (Å²) < 4.78 is 31.6. The molecule has 3 aromatic carbocycles. The summed E-state index contributed by atoms with van der Waals surface area (Å²) in [5, 5.41) is 3.86. The number of methoxy groups -OCH3 is 1. The molecular formula is C27H30Cl2N2O4S. The van der Waals surface area contributed by atoms with Gasteiger partial charge in [0.1, 0.15) is 5.75 Å². The molecular weight excluding hydrogens is 519 g/mol. The minimum Gasteiger partial charge on any atom is -0.497 e. The Morgan fingerprint density at radius 2 is 1.56 bits per heavy atom. The second-order valence-corrected chi connectivity index (χ2v) is 11.7. The highest BCUT2D eigenvalue weighted by Gasteiger charge is 2.22. The van der Waals surface area contributed by atoms with Crippen LogP contribution >= 0.6 is 23.2 Å². The molecule has 0 aliphatic carbocycles. The predicted octanol–water partition coefficient (Wildman–Crippen LogP) is 6.49. The van der Waals surface area contributed by atoms with Crippen molar-refractivity contribution in [3.8, 4) is 5.75 Å². The molecule has 1 amide bonds. The third-order valence-electron chi connectivity index (χ3n) is 5.71. The van der Waals surface area contributed by atoms with Gasteiger partial charge in [0, 0.05) is 21.2 Å². The molecule has 9 heteroatoms. The summed E-state index contributed by atoms with van der Waals surface area (Å²) in [5.74, 6) is 0.861. The first kappa shape index (κ1) is 27.8. The molecule has 0 bridgehead atoms. The van der Waals surface area contributed by atoms with Crippen LogP contribution in [0, 0.1) is 5.92 Å². The van der Waals surface area contributed by atoms with E-state index in [1.807, 2.05) is 24.3 Å². The highest BCUT2D eigenvalue weighted by atomic mass is 35.5. The number of anilines is 1. The van der Waals surface area contributed by atoms with Gasteiger partial charge in [0.05, 0.1) is 31.6 Å². The van der Waals surface area contributed by atoms with E-state index in [-0.39, 0.29) is 18.5 Å². The quantitative estimate of drug-likeness (QED) is 0.314. The van der Waals surface area contributed by atoms with Crippen LogP contribution in [0.5, 0.6) is 5.75 Å². The van der Waals surface area contributed by atoms with Crippen molar-refractivity contribution in [1.29, 1.82) is 0 Å². The van der Waals surface area contributed by atoms with Gasteiger partial charge in [-0.15, -0.1) is 0 Å². The molecule has 1 unspecified atom stereocenters. The number of halogens is 2. The Balaban J connectivity index is 1.83. The fourth-order valence-corrected chi connectivity index (χ4v) is 5.22.